The number of ether oxygens (including phenoxy) is 1. The van der Waals surface area contributed by atoms with Crippen molar-refractivity contribution in [2.24, 2.45) is 0 Å². The molecule has 0 saturated carbocycles. The van der Waals surface area contributed by atoms with Crippen LogP contribution >= 0.6 is 0 Å². The molecule has 3 aromatic rings. The highest BCUT2D eigenvalue weighted by atomic mass is 19.4. The molecule has 1 N–H and O–H groups in total. The standard InChI is InChI=1S/C42H48F6N6O4/c43-41(44,45)32-24-30(25-33(27-32)42(46,47)48)26-37(38(55)52-22-20-51(21-23-52)34-11-15-50(16-12-34)28-29-6-2-1-3-7-29)58-40(57)53-17-13-35(14-18-53)54-19-10-31-8-4-5-9-36(31)49-39(54)56/h1-9,24-25,27,34-35,37H,10-23,26,28H2,(H,49,56)/t37-/m1/s1. The Morgan fingerprint density at radius 2 is 1.29 bits per heavy atom. The number of hydrogen-bond donors (Lipinski definition) is 1. The summed E-state index contributed by atoms with van der Waals surface area (Å²) in [7, 11) is 0. The van der Waals surface area contributed by atoms with Crippen molar-refractivity contribution in [3.8, 4) is 0 Å². The van der Waals surface area contributed by atoms with E-state index in [1.807, 2.05) is 42.5 Å². The van der Waals surface area contributed by atoms with Gasteiger partial charge in [-0.15, -0.1) is 0 Å². The van der Waals surface area contributed by atoms with Crippen LogP contribution in [0.3, 0.4) is 0 Å². The maximum absolute atomic E-state index is 14.1. The fourth-order valence-electron chi connectivity index (χ4n) is 8.62. The number of fused-ring (bicyclic) bond motifs is 1. The van der Waals surface area contributed by atoms with Crippen LogP contribution in [0.2, 0.25) is 0 Å². The van der Waals surface area contributed by atoms with Gasteiger partial charge in [-0.05, 0) is 86.1 Å². The largest absolute Gasteiger partial charge is 0.436 e. The van der Waals surface area contributed by atoms with Crippen LogP contribution in [-0.2, 0) is 41.3 Å². The van der Waals surface area contributed by atoms with Gasteiger partial charge in [0.15, 0.2) is 6.10 Å². The molecule has 3 saturated heterocycles. The van der Waals surface area contributed by atoms with Gasteiger partial charge >= 0.3 is 24.5 Å². The molecule has 0 aliphatic carbocycles. The number of amides is 4. The molecule has 7 rings (SSSR count). The van der Waals surface area contributed by atoms with Crippen molar-refractivity contribution < 1.29 is 45.5 Å². The van der Waals surface area contributed by atoms with E-state index in [0.29, 0.717) is 57.1 Å². The Hall–Kier alpha value is -4.83. The molecule has 4 heterocycles. The second kappa shape index (κ2) is 17.6. The number of piperazine rings is 1. The highest BCUT2D eigenvalue weighted by Gasteiger charge is 2.40. The third-order valence-electron chi connectivity index (χ3n) is 11.8. The summed E-state index contributed by atoms with van der Waals surface area (Å²) in [5.74, 6) is -0.674. The summed E-state index contributed by atoms with van der Waals surface area (Å²) in [6, 6.07) is 18.8. The first-order chi connectivity index (χ1) is 27.7. The zero-order valence-electron chi connectivity index (χ0n) is 32.1. The molecule has 0 spiro atoms. The Bertz CT molecular complexity index is 1870. The highest BCUT2D eigenvalue weighted by Crippen LogP contribution is 2.37. The van der Waals surface area contributed by atoms with Gasteiger partial charge in [0.05, 0.1) is 11.1 Å². The highest BCUT2D eigenvalue weighted by molar-refractivity contribution is 5.91. The number of carbonyl (C=O) groups excluding carboxylic acids is 3. The van der Waals surface area contributed by atoms with Crippen molar-refractivity contribution in [1.82, 2.24) is 24.5 Å². The monoisotopic (exact) mass is 814 g/mol. The molecular weight excluding hydrogens is 766 g/mol. The minimum absolute atomic E-state index is 0.0329. The van der Waals surface area contributed by atoms with Crippen molar-refractivity contribution in [1.29, 1.82) is 0 Å². The maximum atomic E-state index is 14.1. The molecular formula is C42H48F6N6O4. The zero-order chi connectivity index (χ0) is 41.0. The van der Waals surface area contributed by atoms with E-state index < -0.39 is 53.6 Å². The van der Waals surface area contributed by atoms with Crippen molar-refractivity contribution in [2.45, 2.75) is 75.6 Å². The lowest BCUT2D eigenvalue weighted by Gasteiger charge is -2.43. The second-order valence-corrected chi connectivity index (χ2v) is 15.6. The lowest BCUT2D eigenvalue weighted by molar-refractivity contribution is -0.143. The van der Waals surface area contributed by atoms with Gasteiger partial charge in [0.2, 0.25) is 0 Å². The summed E-state index contributed by atoms with van der Waals surface area (Å²) in [4.78, 5) is 50.2. The topological polar surface area (TPSA) is 88.7 Å². The van der Waals surface area contributed by atoms with E-state index in [4.69, 9.17) is 4.74 Å². The maximum Gasteiger partial charge on any atom is 0.416 e. The molecule has 58 heavy (non-hydrogen) atoms. The molecule has 312 valence electrons. The number of halogens is 6. The average Bonchev–Trinajstić information content (AvgIpc) is 3.38. The Kier molecular flexibility index (Phi) is 12.5. The van der Waals surface area contributed by atoms with E-state index in [2.05, 4.69) is 27.2 Å². The normalized spacial score (nSPS) is 20.0. The van der Waals surface area contributed by atoms with E-state index in [-0.39, 0.29) is 44.3 Å². The fraction of sp³-hybridized carbons (Fsp3) is 0.500. The van der Waals surface area contributed by atoms with E-state index >= 15 is 0 Å². The van der Waals surface area contributed by atoms with E-state index in [1.54, 1.807) is 4.90 Å². The van der Waals surface area contributed by atoms with Crippen molar-refractivity contribution >= 4 is 23.7 Å². The first-order valence-electron chi connectivity index (χ1n) is 19.9. The Morgan fingerprint density at radius 1 is 0.690 bits per heavy atom. The van der Waals surface area contributed by atoms with Crippen LogP contribution in [0.1, 0.15) is 53.5 Å². The van der Waals surface area contributed by atoms with Gasteiger partial charge in [0.1, 0.15) is 0 Å². The van der Waals surface area contributed by atoms with Gasteiger partial charge in [-0.2, -0.15) is 26.3 Å². The Morgan fingerprint density at radius 3 is 1.93 bits per heavy atom. The predicted molar refractivity (Wildman–Crippen MR) is 204 cm³/mol. The fourth-order valence-corrected chi connectivity index (χ4v) is 8.62. The number of anilines is 1. The molecule has 3 fully saturated rings. The molecule has 0 aromatic heterocycles. The molecule has 3 aromatic carbocycles. The number of nitrogens with one attached hydrogen (secondary N) is 1. The van der Waals surface area contributed by atoms with Gasteiger partial charge in [-0.25, -0.2) is 9.59 Å². The van der Waals surface area contributed by atoms with Gasteiger partial charge in [-0.1, -0.05) is 48.5 Å². The van der Waals surface area contributed by atoms with Gasteiger partial charge in [0, 0.05) is 76.5 Å². The quantitative estimate of drug-likeness (QED) is 0.244. The number of benzene rings is 3. The number of urea groups is 1. The van der Waals surface area contributed by atoms with E-state index in [9.17, 15) is 40.7 Å². The first kappa shape index (κ1) is 41.3. The number of para-hydroxylation sites is 1. The average molecular weight is 815 g/mol. The molecule has 4 aliphatic rings. The minimum Gasteiger partial charge on any atom is -0.436 e. The minimum atomic E-state index is -5.09. The van der Waals surface area contributed by atoms with Crippen molar-refractivity contribution in [3.63, 3.8) is 0 Å². The molecule has 0 bridgehead atoms. The van der Waals surface area contributed by atoms with Gasteiger partial charge < -0.3 is 24.8 Å². The number of alkyl halides is 6. The van der Waals surface area contributed by atoms with Crippen molar-refractivity contribution in [3.05, 3.63) is 101 Å². The van der Waals surface area contributed by atoms with E-state index in [0.717, 1.165) is 43.7 Å². The zero-order valence-corrected chi connectivity index (χ0v) is 32.1. The second-order valence-electron chi connectivity index (χ2n) is 15.6. The van der Waals surface area contributed by atoms with Crippen LogP contribution in [0.15, 0.2) is 72.8 Å². The van der Waals surface area contributed by atoms with Crippen LogP contribution < -0.4 is 5.32 Å². The molecule has 4 aliphatic heterocycles. The van der Waals surface area contributed by atoms with Crippen LogP contribution in [0, 0.1) is 0 Å². The number of likely N-dealkylation sites (tertiary alicyclic amines) is 2. The molecule has 0 unspecified atom stereocenters. The summed E-state index contributed by atoms with van der Waals surface area (Å²) in [6.07, 6.45) is -10.0. The Balaban J connectivity index is 1.00. The number of carbonyl (C=O) groups is 3. The van der Waals surface area contributed by atoms with Crippen molar-refractivity contribution in [2.75, 3.05) is 64.2 Å². The van der Waals surface area contributed by atoms with Crippen LogP contribution in [0.25, 0.3) is 0 Å². The van der Waals surface area contributed by atoms with Gasteiger partial charge in [-0.3, -0.25) is 14.6 Å². The van der Waals surface area contributed by atoms with Gasteiger partial charge in [0.25, 0.3) is 5.91 Å². The third kappa shape index (κ3) is 10.1. The third-order valence-corrected chi connectivity index (χ3v) is 11.8. The molecule has 4 amide bonds. The lowest BCUT2D eigenvalue weighted by atomic mass is 9.99. The summed E-state index contributed by atoms with van der Waals surface area (Å²) in [6.45, 7) is 5.12. The number of nitrogens with zero attached hydrogens (tertiary/aromatic N) is 5. The molecule has 1 atom stereocenters. The van der Waals surface area contributed by atoms with Crippen LogP contribution in [0.5, 0.6) is 0 Å². The SMILES string of the molecule is O=C(O[C@H](Cc1cc(C(F)(F)F)cc(C(F)(F)F)c1)C(=O)N1CCN(C2CCN(Cc3ccccc3)CC2)CC1)N1CCC(N2CCc3ccccc3NC2=O)CC1. The number of hydrogen-bond acceptors (Lipinski definition) is 6. The summed E-state index contributed by atoms with van der Waals surface area (Å²) >= 11 is 0. The molecule has 0 radical (unpaired) electrons. The summed E-state index contributed by atoms with van der Waals surface area (Å²) in [5.41, 5.74) is -0.445. The summed E-state index contributed by atoms with van der Waals surface area (Å²) < 4.78 is 88.5. The van der Waals surface area contributed by atoms with Crippen LogP contribution in [0.4, 0.5) is 41.6 Å². The van der Waals surface area contributed by atoms with E-state index in [1.165, 1.54) is 15.4 Å². The Labute approximate surface area is 333 Å². The molecule has 16 heteroatoms. The lowest BCUT2D eigenvalue weighted by Crippen LogP contribution is -2.56. The number of piperidine rings is 2. The number of rotatable bonds is 8. The molecule has 10 nitrogen and oxygen atoms in total. The predicted octanol–water partition coefficient (Wildman–Crippen LogP) is 7.14. The smallest absolute Gasteiger partial charge is 0.416 e. The van der Waals surface area contributed by atoms with Crippen LogP contribution in [-0.4, -0.2) is 120 Å². The summed E-state index contributed by atoms with van der Waals surface area (Å²) in [5, 5.41) is 2.95. The first-order valence-corrected chi connectivity index (χ1v) is 19.9.